The monoisotopic (exact) mass is 548 g/mol. The second kappa shape index (κ2) is 14.6. The third kappa shape index (κ3) is 8.63. The number of benzene rings is 3. The Morgan fingerprint density at radius 1 is 0.833 bits per heavy atom. The molecule has 0 spiro atoms. The van der Waals surface area contributed by atoms with Crippen LogP contribution in [0.5, 0.6) is 0 Å². The molecule has 0 saturated heterocycles. The average molecular weight is 550 g/mol. The van der Waals surface area contributed by atoms with Crippen molar-refractivity contribution in [2.45, 2.75) is 65.0 Å². The van der Waals surface area contributed by atoms with Crippen LogP contribution < -0.4 is 5.32 Å². The molecule has 4 nitrogen and oxygen atoms in total. The van der Waals surface area contributed by atoms with Crippen molar-refractivity contribution in [3.05, 3.63) is 106 Å². The largest absolute Gasteiger partial charge is 0.354 e. The molecule has 3 aromatic carbocycles. The maximum Gasteiger partial charge on any atom is 0.243 e. The van der Waals surface area contributed by atoms with Crippen molar-refractivity contribution in [1.29, 1.82) is 0 Å². The van der Waals surface area contributed by atoms with E-state index in [1.807, 2.05) is 54.6 Å². The molecule has 36 heavy (non-hydrogen) atoms. The van der Waals surface area contributed by atoms with E-state index in [1.165, 1.54) is 5.56 Å². The summed E-state index contributed by atoms with van der Waals surface area (Å²) in [4.78, 5) is 28.9. The Bertz CT molecular complexity index is 1080. The van der Waals surface area contributed by atoms with Crippen molar-refractivity contribution in [2.24, 2.45) is 0 Å². The van der Waals surface area contributed by atoms with E-state index in [0.29, 0.717) is 32.4 Å². The van der Waals surface area contributed by atoms with Gasteiger partial charge in [-0.1, -0.05) is 103 Å². The van der Waals surface area contributed by atoms with Crippen molar-refractivity contribution in [3.63, 3.8) is 0 Å². The van der Waals surface area contributed by atoms with Gasteiger partial charge in [0.15, 0.2) is 0 Å². The third-order valence-electron chi connectivity index (χ3n) is 6.43. The van der Waals surface area contributed by atoms with Gasteiger partial charge in [-0.15, -0.1) is 0 Å². The van der Waals surface area contributed by atoms with Crippen LogP contribution in [-0.4, -0.2) is 29.3 Å². The fourth-order valence-corrected chi connectivity index (χ4v) is 4.45. The lowest BCUT2D eigenvalue weighted by Crippen LogP contribution is -2.50. The molecule has 0 radical (unpaired) electrons. The van der Waals surface area contributed by atoms with Gasteiger partial charge in [0.05, 0.1) is 0 Å². The van der Waals surface area contributed by atoms with E-state index in [-0.39, 0.29) is 11.8 Å². The number of nitrogens with zero attached hydrogens (tertiary/aromatic N) is 1. The molecular formula is C31H37BrN2O2. The molecule has 1 N–H and O–H groups in total. The van der Waals surface area contributed by atoms with Crippen LogP contribution in [0.2, 0.25) is 0 Å². The minimum atomic E-state index is -0.581. The lowest BCUT2D eigenvalue weighted by Gasteiger charge is -2.32. The summed E-state index contributed by atoms with van der Waals surface area (Å²) in [5, 5.41) is 3.08. The van der Waals surface area contributed by atoms with E-state index in [1.54, 1.807) is 4.90 Å². The van der Waals surface area contributed by atoms with E-state index < -0.39 is 6.04 Å². The second-order valence-corrected chi connectivity index (χ2v) is 10.1. The van der Waals surface area contributed by atoms with E-state index in [9.17, 15) is 9.59 Å². The molecule has 0 aliphatic carbocycles. The molecule has 0 fully saturated rings. The van der Waals surface area contributed by atoms with Gasteiger partial charge < -0.3 is 10.2 Å². The van der Waals surface area contributed by atoms with Gasteiger partial charge in [-0.05, 0) is 53.6 Å². The summed E-state index contributed by atoms with van der Waals surface area (Å²) in [6.07, 6.45) is 4.39. The normalized spacial score (nSPS) is 11.6. The van der Waals surface area contributed by atoms with Gasteiger partial charge >= 0.3 is 0 Å². The second-order valence-electron chi connectivity index (χ2n) is 9.17. The zero-order valence-electron chi connectivity index (χ0n) is 21.4. The number of hydrogen-bond acceptors (Lipinski definition) is 2. The summed E-state index contributed by atoms with van der Waals surface area (Å²) in [5.74, 6) is -0.103. The lowest BCUT2D eigenvalue weighted by atomic mass is 10.0. The van der Waals surface area contributed by atoms with Crippen molar-refractivity contribution >= 4 is 27.7 Å². The Balaban J connectivity index is 1.85. The Morgan fingerprint density at radius 3 is 2.11 bits per heavy atom. The van der Waals surface area contributed by atoms with Crippen molar-refractivity contribution < 1.29 is 9.59 Å². The summed E-state index contributed by atoms with van der Waals surface area (Å²) in [6.45, 7) is 5.24. The summed E-state index contributed by atoms with van der Waals surface area (Å²) in [6, 6.07) is 25.8. The zero-order chi connectivity index (χ0) is 25.8. The summed E-state index contributed by atoms with van der Waals surface area (Å²) < 4.78 is 0.984. The molecule has 3 rings (SSSR count). The van der Waals surface area contributed by atoms with Gasteiger partial charge in [0, 0.05) is 30.4 Å². The number of hydrogen-bond donors (Lipinski definition) is 1. The number of carbonyl (C=O) groups is 2. The van der Waals surface area contributed by atoms with Gasteiger partial charge in [0.25, 0.3) is 0 Å². The molecule has 190 valence electrons. The maximum atomic E-state index is 13.7. The molecule has 0 aliphatic heterocycles. The lowest BCUT2D eigenvalue weighted by molar-refractivity contribution is -0.141. The number of halogens is 1. The predicted octanol–water partition coefficient (Wildman–Crippen LogP) is 6.50. The molecule has 5 heteroatoms. The van der Waals surface area contributed by atoms with E-state index in [2.05, 4.69) is 59.4 Å². The minimum Gasteiger partial charge on any atom is -0.354 e. The molecule has 0 bridgehead atoms. The SMILES string of the molecule is CCCCNC(=O)C(Cc1ccccc1)N(Cc1ccc(Br)cc1)C(=O)CCc1ccc(CC)cc1. The van der Waals surface area contributed by atoms with Crippen molar-refractivity contribution in [1.82, 2.24) is 10.2 Å². The first-order chi connectivity index (χ1) is 17.5. The number of nitrogens with one attached hydrogen (secondary N) is 1. The average Bonchev–Trinajstić information content (AvgIpc) is 2.91. The molecule has 3 aromatic rings. The molecule has 1 atom stereocenters. The van der Waals surface area contributed by atoms with Crippen LogP contribution in [0.15, 0.2) is 83.3 Å². The number of unbranched alkanes of at least 4 members (excludes halogenated alkanes) is 1. The van der Waals surface area contributed by atoms with Gasteiger partial charge in [0.2, 0.25) is 11.8 Å². The zero-order valence-corrected chi connectivity index (χ0v) is 23.0. The van der Waals surface area contributed by atoms with Crippen molar-refractivity contribution in [2.75, 3.05) is 6.54 Å². The Morgan fingerprint density at radius 2 is 1.47 bits per heavy atom. The van der Waals surface area contributed by atoms with Crippen LogP contribution in [-0.2, 0) is 35.4 Å². The van der Waals surface area contributed by atoms with E-state index >= 15 is 0 Å². The Kier molecular flexibility index (Phi) is 11.2. The first kappa shape index (κ1) is 27.7. The first-order valence-corrected chi connectivity index (χ1v) is 13.7. The third-order valence-corrected chi connectivity index (χ3v) is 6.95. The smallest absolute Gasteiger partial charge is 0.243 e. The molecule has 1 unspecified atom stereocenters. The fourth-order valence-electron chi connectivity index (χ4n) is 4.18. The van der Waals surface area contributed by atoms with Crippen LogP contribution in [0, 0.1) is 0 Å². The summed E-state index contributed by atoms with van der Waals surface area (Å²) in [7, 11) is 0. The highest BCUT2D eigenvalue weighted by molar-refractivity contribution is 9.10. The van der Waals surface area contributed by atoms with E-state index in [0.717, 1.165) is 40.4 Å². The molecule has 0 saturated carbocycles. The number of rotatable bonds is 13. The number of aryl methyl sites for hydroxylation is 2. The Hall–Kier alpha value is -2.92. The molecule has 0 aromatic heterocycles. The van der Waals surface area contributed by atoms with Gasteiger partial charge in [0.1, 0.15) is 6.04 Å². The quantitative estimate of drug-likeness (QED) is 0.248. The summed E-state index contributed by atoms with van der Waals surface area (Å²) in [5.41, 5.74) is 4.46. The predicted molar refractivity (Wildman–Crippen MR) is 151 cm³/mol. The maximum absolute atomic E-state index is 13.7. The molecule has 0 heterocycles. The van der Waals surface area contributed by atoms with Gasteiger partial charge in [-0.2, -0.15) is 0 Å². The van der Waals surface area contributed by atoms with Gasteiger partial charge in [-0.25, -0.2) is 0 Å². The fraction of sp³-hybridized carbons (Fsp3) is 0.355. The van der Waals surface area contributed by atoms with Crippen LogP contribution in [0.3, 0.4) is 0 Å². The topological polar surface area (TPSA) is 49.4 Å². The highest BCUT2D eigenvalue weighted by Gasteiger charge is 2.30. The number of carbonyl (C=O) groups excluding carboxylic acids is 2. The molecule has 2 amide bonds. The number of amides is 2. The van der Waals surface area contributed by atoms with Crippen LogP contribution in [0.4, 0.5) is 0 Å². The van der Waals surface area contributed by atoms with Crippen LogP contribution in [0.25, 0.3) is 0 Å². The standard InChI is InChI=1S/C31H37BrN2O2/c1-3-5-21-33-31(36)29(22-26-9-7-6-8-10-26)34(23-27-15-18-28(32)19-16-27)30(35)20-17-25-13-11-24(4-2)12-14-25/h6-16,18-19,29H,3-5,17,20-23H2,1-2H3,(H,33,36). The minimum absolute atomic E-state index is 0.0101. The van der Waals surface area contributed by atoms with Gasteiger partial charge in [-0.3, -0.25) is 9.59 Å². The van der Waals surface area contributed by atoms with Crippen LogP contribution in [0.1, 0.15) is 55.4 Å². The van der Waals surface area contributed by atoms with E-state index in [4.69, 9.17) is 0 Å². The highest BCUT2D eigenvalue weighted by atomic mass is 79.9. The highest BCUT2D eigenvalue weighted by Crippen LogP contribution is 2.19. The first-order valence-electron chi connectivity index (χ1n) is 12.9. The Labute approximate surface area is 224 Å². The summed E-state index contributed by atoms with van der Waals surface area (Å²) >= 11 is 3.49. The van der Waals surface area contributed by atoms with Crippen molar-refractivity contribution in [3.8, 4) is 0 Å². The van der Waals surface area contributed by atoms with Crippen LogP contribution >= 0.6 is 15.9 Å². The molecular weight excluding hydrogens is 512 g/mol. The molecule has 0 aliphatic rings.